The zero-order valence-corrected chi connectivity index (χ0v) is 16.8. The molecule has 0 spiro atoms. The van der Waals surface area contributed by atoms with Gasteiger partial charge in [-0.1, -0.05) is 36.0 Å². The molecule has 0 radical (unpaired) electrons. The van der Waals surface area contributed by atoms with Crippen molar-refractivity contribution in [1.82, 2.24) is 14.8 Å². The van der Waals surface area contributed by atoms with Gasteiger partial charge in [0.05, 0.1) is 11.3 Å². The number of nitrogens with zero attached hydrogens (tertiary/aromatic N) is 3. The number of carboxylic acid groups (broad SMARTS) is 1. The molecule has 2 N–H and O–H groups in total. The number of aromatic carboxylic acids is 1. The number of thioether (sulfide) groups is 1. The number of carbonyl (C=O) groups excluding carboxylic acids is 1. The summed E-state index contributed by atoms with van der Waals surface area (Å²) in [6, 6.07) is 15.4. The summed E-state index contributed by atoms with van der Waals surface area (Å²) in [6.45, 7) is 4.49. The van der Waals surface area contributed by atoms with E-state index in [1.807, 2.05) is 34.9 Å². The van der Waals surface area contributed by atoms with Crippen LogP contribution in [-0.2, 0) is 17.9 Å². The number of amides is 1. The number of rotatable bonds is 10. The van der Waals surface area contributed by atoms with Gasteiger partial charge in [0.1, 0.15) is 12.4 Å². The lowest BCUT2D eigenvalue weighted by Gasteiger charge is -2.09. The molecule has 0 fully saturated rings. The fraction of sp³-hybridized carbons (Fsp3) is 0.143. The Hall–Kier alpha value is -3.59. The molecular formula is C21H20N4O4S. The monoisotopic (exact) mass is 424 g/mol. The Bertz CT molecular complexity index is 1020. The lowest BCUT2D eigenvalue weighted by atomic mass is 10.2. The lowest BCUT2D eigenvalue weighted by Crippen LogP contribution is -2.15. The highest BCUT2D eigenvalue weighted by Crippen LogP contribution is 2.19. The van der Waals surface area contributed by atoms with Crippen molar-refractivity contribution in [2.75, 3.05) is 11.1 Å². The molecule has 0 aliphatic carbocycles. The Balaban J connectivity index is 1.58. The highest BCUT2D eigenvalue weighted by molar-refractivity contribution is 7.99. The van der Waals surface area contributed by atoms with E-state index in [9.17, 15) is 9.59 Å². The van der Waals surface area contributed by atoms with Gasteiger partial charge in [0, 0.05) is 12.2 Å². The smallest absolute Gasteiger partial charge is 0.335 e. The highest BCUT2D eigenvalue weighted by Gasteiger charge is 2.14. The number of carbonyl (C=O) groups is 2. The normalized spacial score (nSPS) is 10.4. The van der Waals surface area contributed by atoms with Crippen molar-refractivity contribution in [2.24, 2.45) is 0 Å². The molecule has 1 amide bonds. The lowest BCUT2D eigenvalue weighted by molar-refractivity contribution is -0.113. The average molecular weight is 424 g/mol. The van der Waals surface area contributed by atoms with Crippen LogP contribution in [0.4, 0.5) is 5.69 Å². The first-order chi connectivity index (χ1) is 14.6. The Morgan fingerprint density at radius 3 is 2.53 bits per heavy atom. The van der Waals surface area contributed by atoms with Crippen LogP contribution >= 0.6 is 11.8 Å². The summed E-state index contributed by atoms with van der Waals surface area (Å²) in [5.74, 6) is 0.226. The number of nitrogens with one attached hydrogen (secondary N) is 1. The maximum Gasteiger partial charge on any atom is 0.335 e. The molecule has 0 atom stereocenters. The molecule has 2 aromatic carbocycles. The van der Waals surface area contributed by atoms with E-state index in [4.69, 9.17) is 9.84 Å². The minimum Gasteiger partial charge on any atom is -0.486 e. The fourth-order valence-corrected chi connectivity index (χ4v) is 3.30. The molecule has 1 heterocycles. The van der Waals surface area contributed by atoms with E-state index >= 15 is 0 Å². The Morgan fingerprint density at radius 2 is 1.87 bits per heavy atom. The third-order valence-electron chi connectivity index (χ3n) is 3.96. The summed E-state index contributed by atoms with van der Waals surface area (Å²) in [4.78, 5) is 23.1. The SMILES string of the molecule is C=CCn1c(COc2ccccc2)nnc1SCC(=O)Nc1ccc(C(=O)O)cc1. The zero-order chi connectivity index (χ0) is 21.3. The van der Waals surface area contributed by atoms with Gasteiger partial charge in [0.25, 0.3) is 0 Å². The van der Waals surface area contributed by atoms with Gasteiger partial charge in [-0.25, -0.2) is 4.79 Å². The maximum atomic E-state index is 12.2. The molecule has 0 bridgehead atoms. The number of para-hydroxylation sites is 1. The average Bonchev–Trinajstić information content (AvgIpc) is 3.14. The van der Waals surface area contributed by atoms with Crippen molar-refractivity contribution < 1.29 is 19.4 Å². The topological polar surface area (TPSA) is 106 Å². The van der Waals surface area contributed by atoms with E-state index in [0.717, 1.165) is 5.75 Å². The van der Waals surface area contributed by atoms with Gasteiger partial charge in [-0.3, -0.25) is 9.36 Å². The number of anilines is 1. The predicted molar refractivity (Wildman–Crippen MR) is 114 cm³/mol. The summed E-state index contributed by atoms with van der Waals surface area (Å²) >= 11 is 1.24. The van der Waals surface area contributed by atoms with Crippen LogP contribution in [0.1, 0.15) is 16.2 Å². The second kappa shape index (κ2) is 10.3. The van der Waals surface area contributed by atoms with Gasteiger partial charge >= 0.3 is 5.97 Å². The van der Waals surface area contributed by atoms with Crippen molar-refractivity contribution in [3.63, 3.8) is 0 Å². The fourth-order valence-electron chi connectivity index (χ4n) is 2.53. The van der Waals surface area contributed by atoms with E-state index in [0.29, 0.717) is 23.2 Å². The zero-order valence-electron chi connectivity index (χ0n) is 16.0. The Kier molecular flexibility index (Phi) is 7.23. The summed E-state index contributed by atoms with van der Waals surface area (Å²) in [5.41, 5.74) is 0.681. The van der Waals surface area contributed by atoms with Crippen LogP contribution in [0.25, 0.3) is 0 Å². The molecule has 0 saturated carbocycles. The van der Waals surface area contributed by atoms with Crippen molar-refractivity contribution in [1.29, 1.82) is 0 Å². The maximum absolute atomic E-state index is 12.2. The molecule has 154 valence electrons. The number of aromatic nitrogens is 3. The quantitative estimate of drug-likeness (QED) is 0.379. The van der Waals surface area contributed by atoms with Crippen molar-refractivity contribution >= 4 is 29.3 Å². The van der Waals surface area contributed by atoms with Crippen LogP contribution in [0.3, 0.4) is 0 Å². The van der Waals surface area contributed by atoms with Gasteiger partial charge in [-0.2, -0.15) is 0 Å². The van der Waals surface area contributed by atoms with Crippen LogP contribution in [-0.4, -0.2) is 37.5 Å². The highest BCUT2D eigenvalue weighted by atomic mass is 32.2. The molecule has 1 aromatic heterocycles. The number of hydrogen-bond acceptors (Lipinski definition) is 6. The third-order valence-corrected chi connectivity index (χ3v) is 4.93. The molecule has 30 heavy (non-hydrogen) atoms. The van der Waals surface area contributed by atoms with Crippen molar-refractivity contribution in [3.8, 4) is 5.75 Å². The molecule has 0 unspecified atom stereocenters. The van der Waals surface area contributed by atoms with Crippen LogP contribution < -0.4 is 10.1 Å². The molecule has 3 aromatic rings. The van der Waals surface area contributed by atoms with Crippen molar-refractivity contribution in [2.45, 2.75) is 18.3 Å². The standard InChI is InChI=1S/C21H20N4O4S/c1-2-12-25-18(13-29-17-6-4-3-5-7-17)23-24-21(25)30-14-19(26)22-16-10-8-15(9-11-16)20(27)28/h2-11H,1,12-14H2,(H,22,26)(H,27,28). The second-order valence-corrected chi connectivity index (χ2v) is 7.06. The van der Waals surface area contributed by atoms with E-state index in [1.54, 1.807) is 18.2 Å². The Morgan fingerprint density at radius 1 is 1.13 bits per heavy atom. The largest absolute Gasteiger partial charge is 0.486 e. The van der Waals surface area contributed by atoms with Gasteiger partial charge < -0.3 is 15.2 Å². The van der Waals surface area contributed by atoms with Crippen LogP contribution in [0.15, 0.2) is 72.4 Å². The third kappa shape index (κ3) is 5.71. The van der Waals surface area contributed by atoms with E-state index < -0.39 is 5.97 Å². The van der Waals surface area contributed by atoms with E-state index in [1.165, 1.54) is 23.9 Å². The number of ether oxygens (including phenoxy) is 1. The Labute approximate surface area is 177 Å². The number of allylic oxidation sites excluding steroid dienone is 1. The number of carboxylic acids is 1. The first-order valence-corrected chi connectivity index (χ1v) is 10.0. The van der Waals surface area contributed by atoms with Gasteiger partial charge in [0.15, 0.2) is 11.0 Å². The van der Waals surface area contributed by atoms with Gasteiger partial charge in [0.2, 0.25) is 5.91 Å². The van der Waals surface area contributed by atoms with Gasteiger partial charge in [-0.05, 0) is 36.4 Å². The number of hydrogen-bond donors (Lipinski definition) is 2. The molecule has 0 aliphatic heterocycles. The predicted octanol–water partition coefficient (Wildman–Crippen LogP) is 3.47. The first kappa shape index (κ1) is 21.1. The summed E-state index contributed by atoms with van der Waals surface area (Å²) in [6.07, 6.45) is 1.73. The minimum absolute atomic E-state index is 0.121. The first-order valence-electron chi connectivity index (χ1n) is 9.03. The van der Waals surface area contributed by atoms with Crippen LogP contribution in [0, 0.1) is 0 Å². The van der Waals surface area contributed by atoms with E-state index in [2.05, 4.69) is 22.1 Å². The van der Waals surface area contributed by atoms with Gasteiger partial charge in [-0.15, -0.1) is 16.8 Å². The summed E-state index contributed by atoms with van der Waals surface area (Å²) < 4.78 is 7.58. The summed E-state index contributed by atoms with van der Waals surface area (Å²) in [5, 5.41) is 20.6. The molecule has 0 saturated heterocycles. The minimum atomic E-state index is -1.02. The van der Waals surface area contributed by atoms with Crippen molar-refractivity contribution in [3.05, 3.63) is 78.6 Å². The number of benzene rings is 2. The molecular weight excluding hydrogens is 404 g/mol. The molecule has 3 rings (SSSR count). The summed E-state index contributed by atoms with van der Waals surface area (Å²) in [7, 11) is 0. The molecule has 8 nitrogen and oxygen atoms in total. The molecule has 0 aliphatic rings. The van der Waals surface area contributed by atoms with Crippen LogP contribution in [0.2, 0.25) is 0 Å². The van der Waals surface area contributed by atoms with Crippen LogP contribution in [0.5, 0.6) is 5.75 Å². The van der Waals surface area contributed by atoms with E-state index in [-0.39, 0.29) is 23.8 Å². The second-order valence-electron chi connectivity index (χ2n) is 6.12. The molecule has 9 heteroatoms.